The van der Waals surface area contributed by atoms with Crippen LogP contribution in [0.2, 0.25) is 0 Å². The predicted octanol–water partition coefficient (Wildman–Crippen LogP) is -3.37. The van der Waals surface area contributed by atoms with Crippen LogP contribution in [-0.2, 0) is 14.6 Å². The third-order valence-corrected chi connectivity index (χ3v) is 2.55. The fourth-order valence-electron chi connectivity index (χ4n) is 1.43. The van der Waals surface area contributed by atoms with Gasteiger partial charge in [-0.05, 0) is 31.0 Å². The van der Waals surface area contributed by atoms with Crippen LogP contribution >= 0.6 is 0 Å². The van der Waals surface area contributed by atoms with E-state index in [1.807, 2.05) is 0 Å². The molecule has 1 aromatic rings. The summed E-state index contributed by atoms with van der Waals surface area (Å²) in [6.45, 7) is 2.96. The summed E-state index contributed by atoms with van der Waals surface area (Å²) in [7, 11) is -4.94. The Bertz CT molecular complexity index is 621. The molecule has 0 saturated heterocycles. The molecule has 0 unspecified atom stereocenters. The SMILES string of the molecule is Cc1cc(C)c(C(=O)OS(=O)(=O)O)cc1C(=O)[O-].[Na+]. The van der Waals surface area contributed by atoms with Crippen molar-refractivity contribution in [2.45, 2.75) is 13.8 Å². The van der Waals surface area contributed by atoms with Gasteiger partial charge in [0.25, 0.3) is 0 Å². The van der Waals surface area contributed by atoms with Gasteiger partial charge in [0.05, 0.1) is 11.5 Å². The Morgan fingerprint density at radius 2 is 1.63 bits per heavy atom. The van der Waals surface area contributed by atoms with Gasteiger partial charge in [-0.2, -0.15) is 8.42 Å². The summed E-state index contributed by atoms with van der Waals surface area (Å²) >= 11 is 0. The van der Waals surface area contributed by atoms with Gasteiger partial charge < -0.3 is 14.1 Å². The van der Waals surface area contributed by atoms with Crippen LogP contribution in [-0.4, -0.2) is 24.9 Å². The second-order valence-corrected chi connectivity index (χ2v) is 4.59. The summed E-state index contributed by atoms with van der Waals surface area (Å²) in [6.07, 6.45) is 0. The van der Waals surface area contributed by atoms with E-state index < -0.39 is 22.3 Å². The summed E-state index contributed by atoms with van der Waals surface area (Å²) in [5.74, 6) is -2.87. The molecule has 0 radical (unpaired) electrons. The van der Waals surface area contributed by atoms with Gasteiger partial charge in [-0.1, -0.05) is 6.07 Å². The van der Waals surface area contributed by atoms with E-state index in [2.05, 4.69) is 4.18 Å². The molecule has 0 atom stereocenters. The van der Waals surface area contributed by atoms with Gasteiger partial charge in [-0.15, -0.1) is 0 Å². The van der Waals surface area contributed by atoms with Crippen molar-refractivity contribution < 1.29 is 61.4 Å². The number of carboxylic acids is 1. The van der Waals surface area contributed by atoms with Gasteiger partial charge >= 0.3 is 45.9 Å². The third kappa shape index (κ3) is 4.92. The van der Waals surface area contributed by atoms with Crippen LogP contribution in [0.25, 0.3) is 0 Å². The molecular formula is C10H9NaO7S. The average Bonchev–Trinajstić information content (AvgIpc) is 2.13. The van der Waals surface area contributed by atoms with Crippen molar-refractivity contribution in [1.29, 1.82) is 0 Å². The molecule has 1 N–H and O–H groups in total. The van der Waals surface area contributed by atoms with Crippen LogP contribution in [0.3, 0.4) is 0 Å². The zero-order chi connectivity index (χ0) is 14.1. The summed E-state index contributed by atoms with van der Waals surface area (Å²) in [4.78, 5) is 22.2. The molecule has 0 bridgehead atoms. The van der Waals surface area contributed by atoms with Gasteiger partial charge in [0.2, 0.25) is 0 Å². The Morgan fingerprint density at radius 1 is 1.16 bits per heavy atom. The fourth-order valence-corrected chi connectivity index (χ4v) is 1.71. The molecule has 1 aromatic carbocycles. The van der Waals surface area contributed by atoms with E-state index in [4.69, 9.17) is 4.55 Å². The number of hydrogen-bond donors (Lipinski definition) is 1. The van der Waals surface area contributed by atoms with Crippen molar-refractivity contribution in [1.82, 2.24) is 0 Å². The molecular weight excluding hydrogens is 287 g/mol. The number of carbonyl (C=O) groups excluding carboxylic acids is 2. The fraction of sp³-hybridized carbons (Fsp3) is 0.200. The second-order valence-electron chi connectivity index (χ2n) is 3.57. The zero-order valence-corrected chi connectivity index (χ0v) is 13.3. The topological polar surface area (TPSA) is 121 Å². The Balaban J connectivity index is 0.00000324. The number of aromatic carboxylic acids is 1. The molecule has 9 heteroatoms. The first-order chi connectivity index (χ1) is 8.11. The first-order valence-corrected chi connectivity index (χ1v) is 6.02. The molecule has 0 spiro atoms. The molecule has 19 heavy (non-hydrogen) atoms. The largest absolute Gasteiger partial charge is 1.00 e. The van der Waals surface area contributed by atoms with E-state index in [0.29, 0.717) is 11.1 Å². The van der Waals surface area contributed by atoms with Crippen LogP contribution in [0.15, 0.2) is 12.1 Å². The first-order valence-electron chi connectivity index (χ1n) is 4.65. The second kappa shape index (κ2) is 6.49. The summed E-state index contributed by atoms with van der Waals surface area (Å²) < 4.78 is 32.9. The Kier molecular flexibility index (Phi) is 6.17. The number of carbonyl (C=O) groups is 2. The van der Waals surface area contributed by atoms with Crippen molar-refractivity contribution in [2.75, 3.05) is 0 Å². The van der Waals surface area contributed by atoms with Gasteiger partial charge in [0, 0.05) is 5.56 Å². The molecule has 0 heterocycles. The number of rotatable bonds is 3. The first kappa shape index (κ1) is 18.1. The van der Waals surface area contributed by atoms with E-state index >= 15 is 0 Å². The number of aryl methyl sites for hydroxylation is 2. The van der Waals surface area contributed by atoms with E-state index in [-0.39, 0.29) is 40.7 Å². The number of carboxylic acid groups (broad SMARTS) is 1. The third-order valence-electron chi connectivity index (χ3n) is 2.19. The number of benzene rings is 1. The van der Waals surface area contributed by atoms with E-state index in [1.165, 1.54) is 19.9 Å². The maximum Gasteiger partial charge on any atom is 1.00 e. The minimum Gasteiger partial charge on any atom is -0.545 e. The molecule has 7 nitrogen and oxygen atoms in total. The van der Waals surface area contributed by atoms with E-state index in [0.717, 1.165) is 6.07 Å². The van der Waals surface area contributed by atoms with E-state index in [1.54, 1.807) is 0 Å². The quantitative estimate of drug-likeness (QED) is 0.456. The minimum absolute atomic E-state index is 0. The molecule has 0 aliphatic carbocycles. The van der Waals surface area contributed by atoms with Gasteiger partial charge in [-0.25, -0.2) is 4.79 Å². The maximum absolute atomic E-state index is 11.4. The molecule has 1 rings (SSSR count). The van der Waals surface area contributed by atoms with Crippen molar-refractivity contribution in [3.05, 3.63) is 34.4 Å². The number of hydrogen-bond acceptors (Lipinski definition) is 6. The van der Waals surface area contributed by atoms with Crippen molar-refractivity contribution in [2.24, 2.45) is 0 Å². The van der Waals surface area contributed by atoms with E-state index in [9.17, 15) is 23.1 Å². The molecule has 0 fully saturated rings. The molecule has 0 aliphatic heterocycles. The average molecular weight is 296 g/mol. The molecule has 0 aromatic heterocycles. The minimum atomic E-state index is -4.94. The van der Waals surface area contributed by atoms with Crippen LogP contribution < -0.4 is 34.7 Å². The molecule has 98 valence electrons. The van der Waals surface area contributed by atoms with Crippen LogP contribution in [0, 0.1) is 13.8 Å². The Morgan fingerprint density at radius 3 is 2.05 bits per heavy atom. The van der Waals surface area contributed by atoms with Crippen molar-refractivity contribution in [3.63, 3.8) is 0 Å². The van der Waals surface area contributed by atoms with Gasteiger partial charge in [0.15, 0.2) is 0 Å². The van der Waals surface area contributed by atoms with Crippen LogP contribution in [0.1, 0.15) is 31.8 Å². The Labute approximate surface area is 131 Å². The molecule has 0 aliphatic rings. The van der Waals surface area contributed by atoms with Crippen molar-refractivity contribution in [3.8, 4) is 0 Å². The molecule has 0 amide bonds. The van der Waals surface area contributed by atoms with Crippen LogP contribution in [0.5, 0.6) is 0 Å². The summed E-state index contributed by atoms with van der Waals surface area (Å²) in [5, 5.41) is 10.8. The smallest absolute Gasteiger partial charge is 0.545 e. The summed E-state index contributed by atoms with van der Waals surface area (Å²) in [6, 6.07) is 2.30. The van der Waals surface area contributed by atoms with Gasteiger partial charge in [-0.3, -0.25) is 4.55 Å². The predicted molar refractivity (Wildman–Crippen MR) is 57.2 cm³/mol. The maximum atomic E-state index is 11.4. The summed E-state index contributed by atoms with van der Waals surface area (Å²) in [5.41, 5.74) is 0.127. The van der Waals surface area contributed by atoms with Gasteiger partial charge in [0.1, 0.15) is 0 Å². The normalized spacial score (nSPS) is 10.5. The van der Waals surface area contributed by atoms with Crippen LogP contribution in [0.4, 0.5) is 0 Å². The molecule has 0 saturated carbocycles. The standard InChI is InChI=1S/C10H10O7S.Na/c1-5-3-6(2)8(4-7(5)9(11)12)10(13)17-18(14,15)16;/h3-4H,1-2H3,(H,11,12)(H,14,15,16);/q;+1/p-1. The zero-order valence-electron chi connectivity index (χ0n) is 10.5. The van der Waals surface area contributed by atoms with Crippen molar-refractivity contribution >= 4 is 22.3 Å². The Hall–Kier alpha value is -0.930. The monoisotopic (exact) mass is 296 g/mol.